The van der Waals surface area contributed by atoms with E-state index in [9.17, 15) is 15.2 Å². The summed E-state index contributed by atoms with van der Waals surface area (Å²) in [6, 6.07) is 22.0. The number of hydrogen-bond acceptors (Lipinski definition) is 3. The van der Waals surface area contributed by atoms with Crippen LogP contribution in [0.15, 0.2) is 66.9 Å². The molecule has 0 spiro atoms. The second-order valence-corrected chi connectivity index (χ2v) is 9.66. The van der Waals surface area contributed by atoms with Crippen LogP contribution in [0.3, 0.4) is 0 Å². The number of aryl methyl sites for hydroxylation is 1. The van der Waals surface area contributed by atoms with Crippen molar-refractivity contribution < 1.29 is 9.90 Å². The van der Waals surface area contributed by atoms with Gasteiger partial charge in [-0.05, 0) is 47.9 Å². The summed E-state index contributed by atoms with van der Waals surface area (Å²) in [5.74, 6) is -0.956. The van der Waals surface area contributed by atoms with Crippen molar-refractivity contribution >= 4 is 27.8 Å². The van der Waals surface area contributed by atoms with Crippen LogP contribution < -0.4 is 0 Å². The molecular formula is C29H26N4O2. The van der Waals surface area contributed by atoms with E-state index in [0.717, 1.165) is 38.6 Å². The minimum absolute atomic E-state index is 0.242. The molecule has 5 aromatic rings. The lowest BCUT2D eigenvalue weighted by Gasteiger charge is -2.27. The number of aromatic carboxylic acids is 1. The highest BCUT2D eigenvalue weighted by molar-refractivity contribution is 6.05. The number of nitrogens with one attached hydrogen (secondary N) is 1. The zero-order valence-corrected chi connectivity index (χ0v) is 20.0. The summed E-state index contributed by atoms with van der Waals surface area (Å²) < 4.78 is 2.32. The predicted octanol–water partition coefficient (Wildman–Crippen LogP) is 6.43. The average Bonchev–Trinajstić information content (AvgIpc) is 3.41. The Bertz CT molecular complexity index is 1610. The van der Waals surface area contributed by atoms with E-state index in [1.165, 1.54) is 11.1 Å². The molecule has 0 fully saturated rings. The van der Waals surface area contributed by atoms with Gasteiger partial charge in [0.25, 0.3) is 0 Å². The van der Waals surface area contributed by atoms with Crippen molar-refractivity contribution in [2.24, 2.45) is 0 Å². The molecule has 0 radical (unpaired) electrons. The van der Waals surface area contributed by atoms with Crippen LogP contribution in [0.5, 0.6) is 0 Å². The van der Waals surface area contributed by atoms with E-state index < -0.39 is 11.4 Å². The number of hydrogen-bond donors (Lipinski definition) is 2. The Kier molecular flexibility index (Phi) is 5.41. The molecule has 0 aliphatic heterocycles. The molecule has 3 aromatic carbocycles. The molecule has 2 aromatic heterocycles. The molecule has 2 heterocycles. The number of aromatic nitrogens is 3. The molecule has 35 heavy (non-hydrogen) atoms. The maximum absolute atomic E-state index is 11.5. The third kappa shape index (κ3) is 3.85. The molecule has 0 aliphatic rings. The van der Waals surface area contributed by atoms with Crippen molar-refractivity contribution in [1.82, 2.24) is 14.8 Å². The second-order valence-electron chi connectivity index (χ2n) is 9.66. The second kappa shape index (κ2) is 8.44. The highest BCUT2D eigenvalue weighted by Gasteiger charge is 2.31. The lowest BCUT2D eigenvalue weighted by molar-refractivity contribution is 0.0697. The van der Waals surface area contributed by atoms with Crippen LogP contribution in [-0.2, 0) is 12.0 Å². The minimum atomic E-state index is -0.956. The number of rotatable bonds is 6. The van der Waals surface area contributed by atoms with Crippen LogP contribution in [0, 0.1) is 18.3 Å². The maximum atomic E-state index is 11.5. The van der Waals surface area contributed by atoms with Crippen LogP contribution in [0.25, 0.3) is 32.9 Å². The lowest BCUT2D eigenvalue weighted by Crippen LogP contribution is -2.23. The molecule has 0 unspecified atom stereocenters. The molecule has 0 saturated heterocycles. The molecule has 174 valence electrons. The monoisotopic (exact) mass is 462 g/mol. The summed E-state index contributed by atoms with van der Waals surface area (Å²) in [5.41, 5.74) is 7.17. The van der Waals surface area contributed by atoms with E-state index in [2.05, 4.69) is 65.9 Å². The first-order valence-electron chi connectivity index (χ1n) is 11.5. The molecular weight excluding hydrogens is 436 g/mol. The third-order valence-electron chi connectivity index (χ3n) is 6.80. The van der Waals surface area contributed by atoms with E-state index >= 15 is 0 Å². The number of carboxylic acid groups (broad SMARTS) is 1. The van der Waals surface area contributed by atoms with Crippen LogP contribution in [0.2, 0.25) is 0 Å². The third-order valence-corrected chi connectivity index (χ3v) is 6.80. The Morgan fingerprint density at radius 2 is 1.89 bits per heavy atom. The summed E-state index contributed by atoms with van der Waals surface area (Å²) in [7, 11) is 0. The van der Waals surface area contributed by atoms with E-state index in [-0.39, 0.29) is 5.56 Å². The van der Waals surface area contributed by atoms with Crippen LogP contribution in [-0.4, -0.2) is 25.8 Å². The first-order chi connectivity index (χ1) is 16.8. The van der Waals surface area contributed by atoms with Crippen molar-refractivity contribution in [1.29, 1.82) is 5.26 Å². The van der Waals surface area contributed by atoms with Gasteiger partial charge in [-0.1, -0.05) is 50.2 Å². The number of carboxylic acids is 1. The van der Waals surface area contributed by atoms with Gasteiger partial charge < -0.3 is 9.67 Å². The van der Waals surface area contributed by atoms with Gasteiger partial charge >= 0.3 is 5.97 Å². The van der Waals surface area contributed by atoms with E-state index in [4.69, 9.17) is 0 Å². The van der Waals surface area contributed by atoms with Gasteiger partial charge in [0.2, 0.25) is 0 Å². The summed E-state index contributed by atoms with van der Waals surface area (Å²) in [5, 5.41) is 28.5. The van der Waals surface area contributed by atoms with Gasteiger partial charge in [-0.2, -0.15) is 10.4 Å². The van der Waals surface area contributed by atoms with Gasteiger partial charge in [-0.15, -0.1) is 0 Å². The molecule has 0 saturated carbocycles. The summed E-state index contributed by atoms with van der Waals surface area (Å²) in [6.07, 6.45) is 2.16. The zero-order valence-electron chi connectivity index (χ0n) is 20.0. The number of nitrogens with zero attached hydrogens (tertiary/aromatic N) is 3. The Hall–Kier alpha value is -4.37. The fourth-order valence-corrected chi connectivity index (χ4v) is 4.96. The van der Waals surface area contributed by atoms with Gasteiger partial charge in [0.1, 0.15) is 0 Å². The molecule has 0 amide bonds. The standard InChI is InChI=1S/C29H26N4O2/c1-18-6-4-5-7-21(18)17-33-25-14-22-16-31-32-24(22)15-23(25)26(27(33)29(2,3)12-13-30)19-8-10-20(11-9-19)28(34)35/h4-11,14-16H,12,17H2,1-3H3,(H,31,32)(H,34,35). The fourth-order valence-electron chi connectivity index (χ4n) is 4.96. The first kappa shape index (κ1) is 22.4. The van der Waals surface area contributed by atoms with E-state index in [1.54, 1.807) is 12.1 Å². The van der Waals surface area contributed by atoms with E-state index in [1.807, 2.05) is 30.5 Å². The Balaban J connectivity index is 1.88. The van der Waals surface area contributed by atoms with Gasteiger partial charge in [0, 0.05) is 40.4 Å². The first-order valence-corrected chi connectivity index (χ1v) is 11.5. The molecule has 6 heteroatoms. The lowest BCUT2D eigenvalue weighted by atomic mass is 9.81. The van der Waals surface area contributed by atoms with Gasteiger partial charge in [-0.3, -0.25) is 5.10 Å². The normalized spacial score (nSPS) is 11.7. The highest BCUT2D eigenvalue weighted by Crippen LogP contribution is 2.44. The summed E-state index contributed by atoms with van der Waals surface area (Å²) in [4.78, 5) is 11.5. The molecule has 0 aliphatic carbocycles. The molecule has 5 rings (SSSR count). The average molecular weight is 463 g/mol. The largest absolute Gasteiger partial charge is 0.478 e. The quantitative estimate of drug-likeness (QED) is 0.304. The number of aromatic amines is 1. The number of carbonyl (C=O) groups is 1. The van der Waals surface area contributed by atoms with Crippen molar-refractivity contribution in [3.8, 4) is 17.2 Å². The molecule has 6 nitrogen and oxygen atoms in total. The van der Waals surface area contributed by atoms with Crippen molar-refractivity contribution in [3.05, 3.63) is 89.2 Å². The van der Waals surface area contributed by atoms with Crippen LogP contribution in [0.4, 0.5) is 0 Å². The zero-order chi connectivity index (χ0) is 24.7. The van der Waals surface area contributed by atoms with Crippen molar-refractivity contribution in [2.45, 2.75) is 39.2 Å². The van der Waals surface area contributed by atoms with E-state index in [0.29, 0.717) is 13.0 Å². The van der Waals surface area contributed by atoms with Gasteiger partial charge in [-0.25, -0.2) is 4.79 Å². The number of fused-ring (bicyclic) bond motifs is 2. The smallest absolute Gasteiger partial charge is 0.335 e. The Labute approximate surface area is 203 Å². The summed E-state index contributed by atoms with van der Waals surface area (Å²) >= 11 is 0. The van der Waals surface area contributed by atoms with Crippen LogP contribution >= 0.6 is 0 Å². The van der Waals surface area contributed by atoms with Crippen LogP contribution in [0.1, 0.15) is 47.4 Å². The SMILES string of the molecule is Cc1ccccc1Cn1c(C(C)(C)CC#N)c(-c2ccc(C(=O)O)cc2)c2cc3[nH]ncc3cc21. The Morgan fingerprint density at radius 1 is 1.14 bits per heavy atom. The van der Waals surface area contributed by atoms with Crippen molar-refractivity contribution in [3.63, 3.8) is 0 Å². The number of nitriles is 1. The Morgan fingerprint density at radius 3 is 2.57 bits per heavy atom. The minimum Gasteiger partial charge on any atom is -0.478 e. The fraction of sp³-hybridized carbons (Fsp3) is 0.207. The van der Waals surface area contributed by atoms with Crippen molar-refractivity contribution in [2.75, 3.05) is 0 Å². The molecule has 0 atom stereocenters. The predicted molar refractivity (Wildman–Crippen MR) is 138 cm³/mol. The summed E-state index contributed by atoms with van der Waals surface area (Å²) in [6.45, 7) is 6.97. The number of H-pyrrole nitrogens is 1. The maximum Gasteiger partial charge on any atom is 0.335 e. The highest BCUT2D eigenvalue weighted by atomic mass is 16.4. The van der Waals surface area contributed by atoms with Gasteiger partial charge in [0.05, 0.1) is 28.9 Å². The topological polar surface area (TPSA) is 94.7 Å². The number of benzene rings is 3. The molecule has 0 bridgehead atoms. The molecule has 2 N–H and O–H groups in total. The van der Waals surface area contributed by atoms with Gasteiger partial charge in [0.15, 0.2) is 0 Å².